The number of methoxy groups -OCH3 is 1. The van der Waals surface area contributed by atoms with E-state index in [1.54, 1.807) is 19.2 Å². The van der Waals surface area contributed by atoms with Crippen molar-refractivity contribution in [3.05, 3.63) is 64.8 Å². The van der Waals surface area contributed by atoms with Crippen molar-refractivity contribution in [1.29, 1.82) is 0 Å². The van der Waals surface area contributed by atoms with Crippen LogP contribution in [-0.2, 0) is 6.42 Å². The highest BCUT2D eigenvalue weighted by Crippen LogP contribution is 2.20. The first-order valence-corrected chi connectivity index (χ1v) is 8.15. The van der Waals surface area contributed by atoms with Crippen LogP contribution in [0, 0.1) is 5.82 Å². The Morgan fingerprint density at radius 2 is 2.04 bits per heavy atom. The molecule has 0 saturated heterocycles. The van der Waals surface area contributed by atoms with Crippen LogP contribution < -0.4 is 10.1 Å². The zero-order valence-corrected chi connectivity index (χ0v) is 14.6. The lowest BCUT2D eigenvalue weighted by Gasteiger charge is -2.06. The van der Waals surface area contributed by atoms with Gasteiger partial charge < -0.3 is 14.6 Å². The van der Waals surface area contributed by atoms with Crippen molar-refractivity contribution in [2.45, 2.75) is 6.42 Å². The molecule has 3 rings (SSSR count). The molecule has 2 aromatic carbocycles. The fourth-order valence-electron chi connectivity index (χ4n) is 2.30. The minimum absolute atomic E-state index is 0.0575. The molecule has 1 N–H and O–H groups in total. The number of amides is 1. The number of nitrogens with one attached hydrogen (secondary N) is 1. The molecule has 1 aromatic heterocycles. The van der Waals surface area contributed by atoms with Gasteiger partial charge in [0.05, 0.1) is 17.7 Å². The highest BCUT2D eigenvalue weighted by atomic mass is 35.5. The summed E-state index contributed by atoms with van der Waals surface area (Å²) in [6.45, 7) is 0.202. The van der Waals surface area contributed by atoms with Gasteiger partial charge in [-0.2, -0.15) is 4.98 Å². The van der Waals surface area contributed by atoms with Gasteiger partial charge in [0.15, 0.2) is 0 Å². The van der Waals surface area contributed by atoms with Crippen molar-refractivity contribution in [3.63, 3.8) is 0 Å². The van der Waals surface area contributed by atoms with Gasteiger partial charge in [0.25, 0.3) is 5.91 Å². The van der Waals surface area contributed by atoms with E-state index >= 15 is 0 Å². The number of rotatable bonds is 6. The Hall–Kier alpha value is -2.93. The predicted molar refractivity (Wildman–Crippen MR) is 93.7 cm³/mol. The smallest absolute Gasteiger partial charge is 0.255 e. The third-order valence-electron chi connectivity index (χ3n) is 3.63. The van der Waals surface area contributed by atoms with Gasteiger partial charge >= 0.3 is 0 Å². The van der Waals surface area contributed by atoms with Crippen LogP contribution in [0.15, 0.2) is 47.0 Å². The predicted octanol–water partition coefficient (Wildman–Crippen LogP) is 3.51. The lowest BCUT2D eigenvalue weighted by atomic mass is 10.2. The second-order valence-electron chi connectivity index (χ2n) is 5.34. The lowest BCUT2D eigenvalue weighted by Crippen LogP contribution is -2.27. The zero-order chi connectivity index (χ0) is 18.5. The van der Waals surface area contributed by atoms with Crippen LogP contribution in [0.5, 0.6) is 5.75 Å². The van der Waals surface area contributed by atoms with E-state index in [1.165, 1.54) is 18.2 Å². The largest absolute Gasteiger partial charge is 0.497 e. The Labute approximate surface area is 153 Å². The lowest BCUT2D eigenvalue weighted by molar-refractivity contribution is 0.0949. The van der Waals surface area contributed by atoms with Gasteiger partial charge in [-0.1, -0.05) is 22.8 Å². The first-order valence-electron chi connectivity index (χ1n) is 7.77. The Balaban J connectivity index is 1.59. The molecule has 0 fully saturated rings. The summed E-state index contributed by atoms with van der Waals surface area (Å²) in [6.07, 6.45) is 0.307. The monoisotopic (exact) mass is 375 g/mol. The molecule has 8 heteroatoms. The quantitative estimate of drug-likeness (QED) is 0.713. The third-order valence-corrected chi connectivity index (χ3v) is 3.95. The standard InChI is InChI=1S/C18H15ClFN3O3/c1-25-12-7-5-11(6-8-12)17-22-15(26-23-17)9-10-21-18(24)16-13(19)3-2-4-14(16)20/h2-8H,9-10H2,1H3,(H,21,24). The first-order chi connectivity index (χ1) is 12.6. The molecular formula is C18H15ClFN3O3. The van der Waals surface area contributed by atoms with Gasteiger partial charge in [0.1, 0.15) is 11.6 Å². The van der Waals surface area contributed by atoms with Crippen LogP contribution in [0.1, 0.15) is 16.2 Å². The molecule has 0 spiro atoms. The van der Waals surface area contributed by atoms with E-state index in [0.717, 1.165) is 11.3 Å². The maximum Gasteiger partial charge on any atom is 0.255 e. The van der Waals surface area contributed by atoms with Crippen LogP contribution in [-0.4, -0.2) is 29.7 Å². The average molecular weight is 376 g/mol. The molecule has 1 heterocycles. The normalized spacial score (nSPS) is 10.6. The SMILES string of the molecule is COc1ccc(-c2noc(CCNC(=O)c3c(F)cccc3Cl)n2)cc1. The Morgan fingerprint density at radius 3 is 2.73 bits per heavy atom. The minimum atomic E-state index is -0.672. The number of hydrogen-bond donors (Lipinski definition) is 1. The maximum atomic E-state index is 13.7. The van der Waals surface area contributed by atoms with Crippen molar-refractivity contribution < 1.29 is 18.4 Å². The molecule has 0 saturated carbocycles. The number of carbonyl (C=O) groups excluding carboxylic acids is 1. The van der Waals surface area contributed by atoms with Gasteiger partial charge in [-0.3, -0.25) is 4.79 Å². The molecule has 1 amide bonds. The summed E-state index contributed by atoms with van der Waals surface area (Å²) in [7, 11) is 1.59. The van der Waals surface area contributed by atoms with Crippen molar-refractivity contribution in [2.24, 2.45) is 0 Å². The summed E-state index contributed by atoms with van der Waals surface area (Å²) in [5.74, 6) is 0.256. The number of ether oxygens (including phenoxy) is 1. The minimum Gasteiger partial charge on any atom is -0.497 e. The van der Waals surface area contributed by atoms with E-state index in [1.807, 2.05) is 12.1 Å². The maximum absolute atomic E-state index is 13.7. The molecule has 0 radical (unpaired) electrons. The van der Waals surface area contributed by atoms with Crippen molar-refractivity contribution in [2.75, 3.05) is 13.7 Å². The van der Waals surface area contributed by atoms with Crippen LogP contribution in [0.2, 0.25) is 5.02 Å². The molecule has 0 aliphatic rings. The molecule has 0 bridgehead atoms. The molecule has 0 aliphatic heterocycles. The van der Waals surface area contributed by atoms with E-state index in [4.69, 9.17) is 20.9 Å². The van der Waals surface area contributed by atoms with E-state index in [2.05, 4.69) is 15.5 Å². The highest BCUT2D eigenvalue weighted by molar-refractivity contribution is 6.33. The van der Waals surface area contributed by atoms with Crippen molar-refractivity contribution in [3.8, 4) is 17.1 Å². The number of carbonyl (C=O) groups is 1. The summed E-state index contributed by atoms with van der Waals surface area (Å²) in [6, 6.07) is 11.3. The van der Waals surface area contributed by atoms with Gasteiger partial charge in [-0.15, -0.1) is 0 Å². The molecule has 134 valence electrons. The van der Waals surface area contributed by atoms with Gasteiger partial charge in [-0.05, 0) is 36.4 Å². The van der Waals surface area contributed by atoms with Gasteiger partial charge in [0, 0.05) is 18.5 Å². The second-order valence-corrected chi connectivity index (χ2v) is 5.75. The van der Waals surface area contributed by atoms with E-state index < -0.39 is 11.7 Å². The summed E-state index contributed by atoms with van der Waals surface area (Å²) in [4.78, 5) is 16.3. The summed E-state index contributed by atoms with van der Waals surface area (Å²) >= 11 is 5.86. The summed E-state index contributed by atoms with van der Waals surface area (Å²) in [5.41, 5.74) is 0.599. The Morgan fingerprint density at radius 1 is 1.27 bits per heavy atom. The zero-order valence-electron chi connectivity index (χ0n) is 13.8. The van der Waals surface area contributed by atoms with Crippen LogP contribution >= 0.6 is 11.6 Å². The average Bonchev–Trinajstić information content (AvgIpc) is 3.10. The molecule has 6 nitrogen and oxygen atoms in total. The van der Waals surface area contributed by atoms with Crippen molar-refractivity contribution in [1.82, 2.24) is 15.5 Å². The number of hydrogen-bond acceptors (Lipinski definition) is 5. The van der Waals surface area contributed by atoms with Crippen LogP contribution in [0.3, 0.4) is 0 Å². The summed E-state index contributed by atoms with van der Waals surface area (Å²) < 4.78 is 24.0. The molecule has 0 unspecified atom stereocenters. The topological polar surface area (TPSA) is 77.3 Å². The Bertz CT molecular complexity index is 892. The molecule has 3 aromatic rings. The van der Waals surface area contributed by atoms with E-state index in [9.17, 15) is 9.18 Å². The van der Waals surface area contributed by atoms with Gasteiger partial charge in [0.2, 0.25) is 11.7 Å². The first kappa shape index (κ1) is 17.9. The number of aromatic nitrogens is 2. The molecule has 26 heavy (non-hydrogen) atoms. The molecule has 0 aliphatic carbocycles. The van der Waals surface area contributed by atoms with Crippen LogP contribution in [0.4, 0.5) is 4.39 Å². The molecule has 0 atom stereocenters. The number of benzene rings is 2. The molecular weight excluding hydrogens is 361 g/mol. The summed E-state index contributed by atoms with van der Waals surface area (Å²) in [5, 5.41) is 6.55. The van der Waals surface area contributed by atoms with E-state index in [0.29, 0.717) is 18.1 Å². The fourth-order valence-corrected chi connectivity index (χ4v) is 2.55. The second kappa shape index (κ2) is 7.97. The van der Waals surface area contributed by atoms with Gasteiger partial charge in [-0.25, -0.2) is 4.39 Å². The van der Waals surface area contributed by atoms with Crippen LogP contribution in [0.25, 0.3) is 11.4 Å². The third kappa shape index (κ3) is 4.00. The van der Waals surface area contributed by atoms with Crippen molar-refractivity contribution >= 4 is 17.5 Å². The number of nitrogens with zero attached hydrogens (tertiary/aromatic N) is 2. The van der Waals surface area contributed by atoms with E-state index in [-0.39, 0.29) is 17.1 Å². The number of halogens is 2. The Kier molecular flexibility index (Phi) is 5.48. The fraction of sp³-hybridized carbons (Fsp3) is 0.167. The highest BCUT2D eigenvalue weighted by Gasteiger charge is 2.16.